The van der Waals surface area contributed by atoms with Gasteiger partial charge in [0.1, 0.15) is 5.54 Å². The second-order valence-electron chi connectivity index (χ2n) is 2.98. The first-order chi connectivity index (χ1) is 5.40. The molecule has 0 radical (unpaired) electrons. The van der Waals surface area contributed by atoms with Crippen molar-refractivity contribution in [3.63, 3.8) is 0 Å². The summed E-state index contributed by atoms with van der Waals surface area (Å²) in [5, 5.41) is 3.09. The van der Waals surface area contributed by atoms with Crippen LogP contribution in [0.4, 0.5) is 0 Å². The molecule has 4 nitrogen and oxygen atoms in total. The molecule has 0 unspecified atom stereocenters. The predicted molar refractivity (Wildman–Crippen MR) is 49.8 cm³/mol. The van der Waals surface area contributed by atoms with Gasteiger partial charge in [-0.25, -0.2) is 0 Å². The molecule has 12 heavy (non-hydrogen) atoms. The molecule has 2 amide bonds. The molecule has 0 spiro atoms. The fourth-order valence-corrected chi connectivity index (χ4v) is 0.919. The Kier molecular flexibility index (Phi) is 4.23. The summed E-state index contributed by atoms with van der Waals surface area (Å²) in [7, 11) is 0. The maximum atomic E-state index is 11.0. The summed E-state index contributed by atoms with van der Waals surface area (Å²) >= 11 is 3.12. The number of nitrogens with one attached hydrogen (secondary N) is 1. The first-order valence-corrected chi connectivity index (χ1v) is 4.69. The van der Waals surface area contributed by atoms with E-state index in [1.165, 1.54) is 0 Å². The van der Waals surface area contributed by atoms with Gasteiger partial charge in [0.2, 0.25) is 11.8 Å². The van der Waals surface area contributed by atoms with Crippen LogP contribution in [0.2, 0.25) is 0 Å². The van der Waals surface area contributed by atoms with E-state index in [-0.39, 0.29) is 5.91 Å². The predicted octanol–water partition coefficient (Wildman–Crippen LogP) is 0.152. The molecule has 0 aromatic carbocycles. The van der Waals surface area contributed by atoms with Gasteiger partial charge in [0.05, 0.1) is 0 Å². The van der Waals surface area contributed by atoms with E-state index < -0.39 is 11.4 Å². The third-order valence-corrected chi connectivity index (χ3v) is 1.79. The molecule has 0 aliphatic rings. The zero-order valence-corrected chi connectivity index (χ0v) is 8.77. The lowest BCUT2D eigenvalue weighted by Gasteiger charge is -2.21. The highest BCUT2D eigenvalue weighted by Gasteiger charge is 2.26. The Morgan fingerprint density at radius 3 is 2.33 bits per heavy atom. The normalized spacial score (nSPS) is 10.9. The number of halogens is 1. The van der Waals surface area contributed by atoms with Gasteiger partial charge >= 0.3 is 0 Å². The van der Waals surface area contributed by atoms with E-state index in [0.717, 1.165) is 0 Å². The van der Waals surface area contributed by atoms with Gasteiger partial charge in [0.15, 0.2) is 0 Å². The molecule has 0 bridgehead atoms. The van der Waals surface area contributed by atoms with Crippen LogP contribution in [0.25, 0.3) is 0 Å². The van der Waals surface area contributed by atoms with Crippen molar-refractivity contribution >= 4 is 27.7 Å². The van der Waals surface area contributed by atoms with E-state index in [2.05, 4.69) is 21.2 Å². The molecule has 0 saturated heterocycles. The van der Waals surface area contributed by atoms with E-state index >= 15 is 0 Å². The Balaban J connectivity index is 4.06. The number of hydrogen-bond donors (Lipinski definition) is 2. The number of primary amides is 1. The summed E-state index contributed by atoms with van der Waals surface area (Å²) in [5.74, 6) is -0.721. The van der Waals surface area contributed by atoms with Crippen LogP contribution in [-0.2, 0) is 9.59 Å². The first kappa shape index (κ1) is 11.4. The summed E-state index contributed by atoms with van der Waals surface area (Å²) in [6.45, 7) is 3.14. The molecule has 5 heteroatoms. The van der Waals surface area contributed by atoms with Crippen LogP contribution in [0.3, 0.4) is 0 Å². The lowest BCUT2D eigenvalue weighted by Crippen LogP contribution is -2.53. The molecule has 0 rings (SSSR count). The van der Waals surface area contributed by atoms with Crippen LogP contribution in [0.15, 0.2) is 0 Å². The zero-order chi connectivity index (χ0) is 9.78. The molecule has 0 heterocycles. The van der Waals surface area contributed by atoms with Crippen molar-refractivity contribution in [2.75, 3.05) is 5.33 Å². The largest absolute Gasteiger partial charge is 0.368 e. The number of carbonyl (C=O) groups excluding carboxylic acids is 2. The maximum Gasteiger partial charge on any atom is 0.242 e. The Morgan fingerprint density at radius 2 is 2.00 bits per heavy atom. The molecule has 3 N–H and O–H groups in total. The molecular weight excluding hydrogens is 224 g/mol. The smallest absolute Gasteiger partial charge is 0.242 e. The molecule has 0 aromatic rings. The lowest BCUT2D eigenvalue weighted by molar-refractivity contribution is -0.130. The molecule has 0 atom stereocenters. The van der Waals surface area contributed by atoms with Crippen LogP contribution >= 0.6 is 15.9 Å². The fraction of sp³-hybridized carbons (Fsp3) is 0.714. The van der Waals surface area contributed by atoms with Gasteiger partial charge in [-0.2, -0.15) is 0 Å². The minimum Gasteiger partial charge on any atom is -0.368 e. The van der Waals surface area contributed by atoms with E-state index in [0.29, 0.717) is 11.8 Å². The molecule has 0 saturated carbocycles. The third-order valence-electron chi connectivity index (χ3n) is 1.39. The third kappa shape index (κ3) is 3.71. The van der Waals surface area contributed by atoms with Crippen molar-refractivity contribution in [1.82, 2.24) is 5.32 Å². The Hall–Kier alpha value is -0.580. The van der Waals surface area contributed by atoms with E-state index in [1.54, 1.807) is 13.8 Å². The molecule has 0 fully saturated rings. The molecule has 0 aliphatic heterocycles. The summed E-state index contributed by atoms with van der Waals surface area (Å²) < 4.78 is 0. The minimum atomic E-state index is -0.959. The number of hydrogen-bond acceptors (Lipinski definition) is 2. The van der Waals surface area contributed by atoms with Crippen molar-refractivity contribution in [2.24, 2.45) is 5.73 Å². The standard InChI is InChI=1S/C7H13BrN2O2/c1-7(2,6(9)12)10-5(11)3-4-8/h3-4H2,1-2H3,(H2,9,12)(H,10,11). The first-order valence-electron chi connectivity index (χ1n) is 3.57. The number of nitrogens with two attached hydrogens (primary N) is 1. The van der Waals surface area contributed by atoms with Crippen molar-refractivity contribution in [1.29, 1.82) is 0 Å². The molecule has 70 valence electrons. The summed E-state index contributed by atoms with van der Waals surface area (Å²) in [4.78, 5) is 21.8. The quantitative estimate of drug-likeness (QED) is 0.683. The van der Waals surface area contributed by atoms with Gasteiger partial charge in [-0.15, -0.1) is 0 Å². The highest BCUT2D eigenvalue weighted by atomic mass is 79.9. The second kappa shape index (κ2) is 4.45. The summed E-state index contributed by atoms with van der Waals surface area (Å²) in [5.41, 5.74) is 4.09. The Morgan fingerprint density at radius 1 is 1.50 bits per heavy atom. The Bertz CT molecular complexity index is 192. The van der Waals surface area contributed by atoms with Gasteiger partial charge in [-0.1, -0.05) is 15.9 Å². The molecule has 0 aromatic heterocycles. The number of alkyl halides is 1. The van der Waals surface area contributed by atoms with Gasteiger partial charge in [-0.3, -0.25) is 9.59 Å². The molecule has 0 aliphatic carbocycles. The van der Waals surface area contributed by atoms with Crippen molar-refractivity contribution in [2.45, 2.75) is 25.8 Å². The minimum absolute atomic E-state index is 0.185. The van der Waals surface area contributed by atoms with Crippen molar-refractivity contribution in [3.05, 3.63) is 0 Å². The highest BCUT2D eigenvalue weighted by Crippen LogP contribution is 2.01. The second-order valence-corrected chi connectivity index (χ2v) is 3.77. The zero-order valence-electron chi connectivity index (χ0n) is 7.19. The number of carbonyl (C=O) groups is 2. The lowest BCUT2D eigenvalue weighted by atomic mass is 10.1. The number of amides is 2. The van der Waals surface area contributed by atoms with Crippen LogP contribution in [0.5, 0.6) is 0 Å². The average Bonchev–Trinajstić information content (AvgIpc) is 1.85. The van der Waals surface area contributed by atoms with E-state index in [4.69, 9.17) is 5.73 Å². The van der Waals surface area contributed by atoms with Gasteiger partial charge in [0.25, 0.3) is 0 Å². The average molecular weight is 237 g/mol. The maximum absolute atomic E-state index is 11.0. The van der Waals surface area contributed by atoms with Crippen LogP contribution in [-0.4, -0.2) is 22.7 Å². The van der Waals surface area contributed by atoms with Crippen LogP contribution in [0, 0.1) is 0 Å². The number of rotatable bonds is 4. The van der Waals surface area contributed by atoms with Gasteiger partial charge in [0, 0.05) is 11.8 Å². The summed E-state index contributed by atoms with van der Waals surface area (Å²) in [6, 6.07) is 0. The van der Waals surface area contributed by atoms with E-state index in [9.17, 15) is 9.59 Å². The monoisotopic (exact) mass is 236 g/mol. The van der Waals surface area contributed by atoms with Gasteiger partial charge in [-0.05, 0) is 13.8 Å². The molecular formula is C7H13BrN2O2. The van der Waals surface area contributed by atoms with Crippen LogP contribution < -0.4 is 11.1 Å². The van der Waals surface area contributed by atoms with Crippen LogP contribution in [0.1, 0.15) is 20.3 Å². The Labute approximate surface area is 80.0 Å². The highest BCUT2D eigenvalue weighted by molar-refractivity contribution is 9.09. The van der Waals surface area contributed by atoms with Crippen molar-refractivity contribution in [3.8, 4) is 0 Å². The fourth-order valence-electron chi connectivity index (χ4n) is 0.558. The summed E-state index contributed by atoms with van der Waals surface area (Å²) in [6.07, 6.45) is 0.344. The van der Waals surface area contributed by atoms with Crippen molar-refractivity contribution < 1.29 is 9.59 Å². The topological polar surface area (TPSA) is 72.2 Å². The van der Waals surface area contributed by atoms with Gasteiger partial charge < -0.3 is 11.1 Å². The van der Waals surface area contributed by atoms with E-state index in [1.807, 2.05) is 0 Å². The SMILES string of the molecule is CC(C)(NC(=O)CCBr)C(N)=O.